The zero-order chi connectivity index (χ0) is 31.1. The summed E-state index contributed by atoms with van der Waals surface area (Å²) in [6.07, 6.45) is 1.43. The van der Waals surface area contributed by atoms with Crippen molar-refractivity contribution in [1.82, 2.24) is 9.88 Å². The first kappa shape index (κ1) is 31.6. The molecule has 11 nitrogen and oxygen atoms in total. The molecule has 1 aliphatic rings. The summed E-state index contributed by atoms with van der Waals surface area (Å²) < 4.78 is 16.5. The van der Waals surface area contributed by atoms with Crippen LogP contribution in [0.25, 0.3) is 0 Å². The highest BCUT2D eigenvalue weighted by Gasteiger charge is 2.34. The fourth-order valence-corrected chi connectivity index (χ4v) is 5.07. The Morgan fingerprint density at radius 2 is 1.67 bits per heavy atom. The van der Waals surface area contributed by atoms with Gasteiger partial charge in [-0.15, -0.1) is 0 Å². The van der Waals surface area contributed by atoms with Gasteiger partial charge in [-0.05, 0) is 63.4 Å². The normalized spacial score (nSPS) is 16.8. The molecule has 0 aliphatic carbocycles. The third-order valence-electron chi connectivity index (χ3n) is 7.17. The smallest absolute Gasteiger partial charge is 0.410 e. The van der Waals surface area contributed by atoms with E-state index >= 15 is 0 Å². The minimum absolute atomic E-state index is 0.133. The molecule has 0 bridgehead atoms. The molecule has 2 aromatic carbocycles. The Hall–Kier alpha value is -4.38. The molecule has 1 aromatic heterocycles. The van der Waals surface area contributed by atoms with E-state index < -0.39 is 16.6 Å². The molecule has 1 amide bonds. The number of carbonyl (C=O) groups excluding carboxylic acids is 1. The predicted octanol–water partition coefficient (Wildman–Crippen LogP) is 5.95. The van der Waals surface area contributed by atoms with Crippen molar-refractivity contribution in [3.63, 3.8) is 0 Å². The Morgan fingerprint density at radius 3 is 2.23 bits per heavy atom. The Bertz CT molecular complexity index is 1390. The second-order valence-electron chi connectivity index (χ2n) is 11.8. The Balaban J connectivity index is 1.66. The summed E-state index contributed by atoms with van der Waals surface area (Å²) in [5.41, 5.74) is 2.62. The van der Waals surface area contributed by atoms with Crippen molar-refractivity contribution in [2.45, 2.75) is 65.0 Å². The molecule has 230 valence electrons. The van der Waals surface area contributed by atoms with Crippen LogP contribution in [0.15, 0.2) is 60.8 Å². The van der Waals surface area contributed by atoms with Gasteiger partial charge in [-0.3, -0.25) is 10.1 Å². The van der Waals surface area contributed by atoms with Gasteiger partial charge in [-0.2, -0.15) is 0 Å². The number of aryl methyl sites for hydroxylation is 1. The molecule has 2 heterocycles. The van der Waals surface area contributed by atoms with E-state index in [4.69, 9.17) is 14.2 Å². The number of pyridine rings is 1. The van der Waals surface area contributed by atoms with E-state index in [9.17, 15) is 14.9 Å². The number of benzene rings is 2. The van der Waals surface area contributed by atoms with Gasteiger partial charge in [0.05, 0.1) is 24.7 Å². The van der Waals surface area contributed by atoms with Gasteiger partial charge in [0.15, 0.2) is 0 Å². The van der Waals surface area contributed by atoms with E-state index in [1.54, 1.807) is 31.4 Å². The molecule has 43 heavy (non-hydrogen) atoms. The van der Waals surface area contributed by atoms with Crippen LogP contribution in [0.1, 0.15) is 43.9 Å². The van der Waals surface area contributed by atoms with Crippen molar-refractivity contribution in [2.24, 2.45) is 0 Å². The van der Waals surface area contributed by atoms with Crippen LogP contribution < -0.4 is 15.0 Å². The Kier molecular flexibility index (Phi) is 10.1. The number of amides is 1. The monoisotopic (exact) mass is 591 g/mol. The van der Waals surface area contributed by atoms with Crippen LogP contribution in [0.4, 0.5) is 22.0 Å². The molecule has 0 unspecified atom stereocenters. The minimum atomic E-state index is -0.649. The van der Waals surface area contributed by atoms with Crippen LogP contribution in [0.2, 0.25) is 0 Å². The number of nitrogens with zero attached hydrogens (tertiary/aromatic N) is 4. The number of likely N-dealkylation sites (tertiary alicyclic amines) is 1. The van der Waals surface area contributed by atoms with Crippen molar-refractivity contribution in [1.29, 1.82) is 0 Å². The SMILES string of the molecule is COc1ccc(CN(Cc2ccc(C)cc2)c2nccc(N[C@@H]3C[C@@H](OC)CN(C(=O)OC(C)(C)C)C3)c2[N+](=O)[O-])cc1. The molecule has 0 saturated carbocycles. The first-order chi connectivity index (χ1) is 20.5. The quantitative estimate of drug-likeness (QED) is 0.225. The van der Waals surface area contributed by atoms with E-state index in [0.29, 0.717) is 38.3 Å². The second-order valence-corrected chi connectivity index (χ2v) is 11.8. The van der Waals surface area contributed by atoms with Crippen LogP contribution in [-0.2, 0) is 22.6 Å². The molecule has 1 aliphatic heterocycles. The van der Waals surface area contributed by atoms with Crippen molar-refractivity contribution < 1.29 is 23.9 Å². The topological polar surface area (TPSA) is 119 Å². The highest BCUT2D eigenvalue weighted by molar-refractivity contribution is 5.74. The van der Waals surface area contributed by atoms with E-state index in [2.05, 4.69) is 10.3 Å². The van der Waals surface area contributed by atoms with Crippen LogP contribution in [-0.4, -0.2) is 66.0 Å². The lowest BCUT2D eigenvalue weighted by atomic mass is 10.0. The van der Waals surface area contributed by atoms with Gasteiger partial charge in [0.2, 0.25) is 5.82 Å². The lowest BCUT2D eigenvalue weighted by molar-refractivity contribution is -0.383. The molecule has 2 atom stereocenters. The zero-order valence-electron chi connectivity index (χ0n) is 25.7. The summed E-state index contributed by atoms with van der Waals surface area (Å²) in [6, 6.07) is 17.0. The largest absolute Gasteiger partial charge is 0.497 e. The number of hydrogen-bond donors (Lipinski definition) is 1. The lowest BCUT2D eigenvalue weighted by Crippen LogP contribution is -2.52. The summed E-state index contributed by atoms with van der Waals surface area (Å²) in [4.78, 5) is 33.1. The van der Waals surface area contributed by atoms with Crippen molar-refractivity contribution in [3.8, 4) is 5.75 Å². The maximum Gasteiger partial charge on any atom is 0.410 e. The van der Waals surface area contributed by atoms with Crippen LogP contribution in [0.5, 0.6) is 5.75 Å². The fourth-order valence-electron chi connectivity index (χ4n) is 5.07. The number of aromatic nitrogens is 1. The number of rotatable bonds is 10. The molecule has 3 aromatic rings. The average Bonchev–Trinajstić information content (AvgIpc) is 2.97. The highest BCUT2D eigenvalue weighted by Crippen LogP contribution is 2.36. The van der Waals surface area contributed by atoms with Gasteiger partial charge in [0.25, 0.3) is 0 Å². The van der Waals surface area contributed by atoms with Crippen molar-refractivity contribution in [3.05, 3.63) is 87.6 Å². The summed E-state index contributed by atoms with van der Waals surface area (Å²) in [5, 5.41) is 16.0. The molecule has 4 rings (SSSR count). The maximum atomic E-state index is 12.9. The van der Waals surface area contributed by atoms with Gasteiger partial charge < -0.3 is 29.3 Å². The third-order valence-corrected chi connectivity index (χ3v) is 7.17. The number of carbonyl (C=O) groups is 1. The number of piperidine rings is 1. The lowest BCUT2D eigenvalue weighted by Gasteiger charge is -2.38. The first-order valence-corrected chi connectivity index (χ1v) is 14.3. The molecule has 0 radical (unpaired) electrons. The van der Waals surface area contributed by atoms with Crippen molar-refractivity contribution in [2.75, 3.05) is 37.5 Å². The van der Waals surface area contributed by atoms with Crippen molar-refractivity contribution >= 4 is 23.3 Å². The Morgan fingerprint density at radius 1 is 1.05 bits per heavy atom. The molecular formula is C32H41N5O6. The number of nitro groups is 1. The van der Waals surface area contributed by atoms with Gasteiger partial charge in [-0.25, -0.2) is 9.78 Å². The van der Waals surface area contributed by atoms with E-state index in [1.807, 2.05) is 81.1 Å². The zero-order valence-corrected chi connectivity index (χ0v) is 25.7. The van der Waals surface area contributed by atoms with Crippen LogP contribution in [0, 0.1) is 17.0 Å². The van der Waals surface area contributed by atoms with Gasteiger partial charge in [0.1, 0.15) is 17.0 Å². The molecule has 1 saturated heterocycles. The standard InChI is InChI=1S/C32H41N5O6/c1-22-7-9-23(10-8-22)18-35(19-24-11-13-26(41-5)14-12-24)30-29(37(39)40)28(15-16-33-30)34-25-17-27(42-6)21-36(20-25)31(38)43-32(2,3)4/h7-16,25,27H,17-21H2,1-6H3,(H,33,34)/t25-,27-/m1/s1. The average molecular weight is 592 g/mol. The number of hydrogen-bond acceptors (Lipinski definition) is 9. The number of anilines is 2. The number of nitrogens with one attached hydrogen (secondary N) is 1. The molecular weight excluding hydrogens is 550 g/mol. The van der Waals surface area contributed by atoms with E-state index in [0.717, 1.165) is 22.4 Å². The van der Waals surface area contributed by atoms with E-state index in [-0.39, 0.29) is 23.7 Å². The van der Waals surface area contributed by atoms with E-state index in [1.165, 1.54) is 0 Å². The van der Waals surface area contributed by atoms with Gasteiger partial charge in [0, 0.05) is 39.0 Å². The number of methoxy groups -OCH3 is 2. The van der Waals surface area contributed by atoms with Crippen LogP contribution >= 0.6 is 0 Å². The summed E-state index contributed by atoms with van der Waals surface area (Å²) in [6.45, 7) is 8.94. The highest BCUT2D eigenvalue weighted by atomic mass is 16.6. The van der Waals surface area contributed by atoms with Crippen LogP contribution in [0.3, 0.4) is 0 Å². The third kappa shape index (κ3) is 8.57. The summed E-state index contributed by atoms with van der Waals surface area (Å²) >= 11 is 0. The molecule has 1 fully saturated rings. The molecule has 0 spiro atoms. The molecule has 11 heteroatoms. The van der Waals surface area contributed by atoms with Gasteiger partial charge >= 0.3 is 11.8 Å². The Labute approximate surface area is 252 Å². The predicted molar refractivity (Wildman–Crippen MR) is 166 cm³/mol. The van der Waals surface area contributed by atoms with Gasteiger partial charge in [-0.1, -0.05) is 42.0 Å². The summed E-state index contributed by atoms with van der Waals surface area (Å²) in [5.74, 6) is 0.973. The summed E-state index contributed by atoms with van der Waals surface area (Å²) in [7, 11) is 3.20. The minimum Gasteiger partial charge on any atom is -0.497 e. The fraction of sp³-hybridized carbons (Fsp3) is 0.438. The maximum absolute atomic E-state index is 12.9. The first-order valence-electron chi connectivity index (χ1n) is 14.3. The molecule has 1 N–H and O–H groups in total. The number of ether oxygens (including phenoxy) is 3. The second kappa shape index (κ2) is 13.7.